The Labute approximate surface area is 146 Å². The van der Waals surface area contributed by atoms with Gasteiger partial charge in [0, 0.05) is 16.4 Å². The van der Waals surface area contributed by atoms with Crippen molar-refractivity contribution < 1.29 is 9.53 Å². The minimum Gasteiger partial charge on any atom is -0.445 e. The van der Waals surface area contributed by atoms with E-state index in [2.05, 4.69) is 47.2 Å². The molecule has 0 fully saturated rings. The number of halogens is 1. The number of nitrogens with one attached hydrogen (secondary N) is 1. The second kappa shape index (κ2) is 8.73. The molecule has 0 radical (unpaired) electrons. The third-order valence-electron chi connectivity index (χ3n) is 3.93. The Bertz CT molecular complexity index is 630. The fraction of sp³-hybridized carbons (Fsp3) is 0.316. The lowest BCUT2D eigenvalue weighted by Crippen LogP contribution is -2.38. The number of carbonyl (C=O) groups excluding carboxylic acids is 1. The standard InChI is InChI=1S/C19H22BrNO2/c1-3-18(14(2)16-10-7-11-17(20)12-16)21-19(22)23-13-15-8-5-4-6-9-15/h4-12,14,18H,3,13H2,1-2H3,(H,21,22). The number of ether oxygens (including phenoxy) is 1. The van der Waals surface area contributed by atoms with Gasteiger partial charge < -0.3 is 10.1 Å². The van der Waals surface area contributed by atoms with Crippen molar-refractivity contribution in [2.45, 2.75) is 38.8 Å². The summed E-state index contributed by atoms with van der Waals surface area (Å²) in [5.41, 5.74) is 2.17. The molecule has 122 valence electrons. The van der Waals surface area contributed by atoms with Gasteiger partial charge >= 0.3 is 6.09 Å². The highest BCUT2D eigenvalue weighted by molar-refractivity contribution is 9.10. The molecule has 2 atom stereocenters. The van der Waals surface area contributed by atoms with E-state index in [1.54, 1.807) is 0 Å². The maximum absolute atomic E-state index is 12.0. The Morgan fingerprint density at radius 3 is 2.57 bits per heavy atom. The maximum Gasteiger partial charge on any atom is 0.407 e. The minimum absolute atomic E-state index is 0.0348. The molecule has 0 spiro atoms. The van der Waals surface area contributed by atoms with Gasteiger partial charge in [0.2, 0.25) is 0 Å². The second-order valence-corrected chi connectivity index (χ2v) is 6.48. The molecule has 3 nitrogen and oxygen atoms in total. The molecule has 0 aromatic heterocycles. The minimum atomic E-state index is -0.373. The third-order valence-corrected chi connectivity index (χ3v) is 4.43. The molecule has 4 heteroatoms. The number of benzene rings is 2. The number of hydrogen-bond donors (Lipinski definition) is 1. The number of carbonyl (C=O) groups is 1. The van der Waals surface area contributed by atoms with Gasteiger partial charge in [-0.25, -0.2) is 4.79 Å². The van der Waals surface area contributed by atoms with Gasteiger partial charge in [-0.1, -0.05) is 72.2 Å². The van der Waals surface area contributed by atoms with Gasteiger partial charge in [0.1, 0.15) is 6.61 Å². The van der Waals surface area contributed by atoms with Crippen LogP contribution in [0.25, 0.3) is 0 Å². The van der Waals surface area contributed by atoms with Crippen molar-refractivity contribution in [1.82, 2.24) is 5.32 Å². The smallest absolute Gasteiger partial charge is 0.407 e. The summed E-state index contributed by atoms with van der Waals surface area (Å²) >= 11 is 3.49. The Morgan fingerprint density at radius 1 is 1.17 bits per heavy atom. The molecule has 1 amide bonds. The summed E-state index contributed by atoms with van der Waals surface area (Å²) in [5, 5.41) is 2.98. The molecule has 1 N–H and O–H groups in total. The number of hydrogen-bond acceptors (Lipinski definition) is 2. The normalized spacial score (nSPS) is 13.2. The zero-order chi connectivity index (χ0) is 16.7. The van der Waals surface area contributed by atoms with Crippen LogP contribution >= 0.6 is 15.9 Å². The fourth-order valence-corrected chi connectivity index (χ4v) is 2.94. The highest BCUT2D eigenvalue weighted by Gasteiger charge is 2.20. The van der Waals surface area contributed by atoms with Crippen LogP contribution in [0.15, 0.2) is 59.1 Å². The van der Waals surface area contributed by atoms with Crippen molar-refractivity contribution in [1.29, 1.82) is 0 Å². The number of rotatable bonds is 6. The van der Waals surface area contributed by atoms with Crippen LogP contribution in [-0.2, 0) is 11.3 Å². The zero-order valence-corrected chi connectivity index (χ0v) is 15.0. The molecule has 2 unspecified atom stereocenters. The second-order valence-electron chi connectivity index (χ2n) is 5.56. The molecule has 0 saturated carbocycles. The molecule has 2 aromatic carbocycles. The van der Waals surface area contributed by atoms with Crippen molar-refractivity contribution in [3.63, 3.8) is 0 Å². The van der Waals surface area contributed by atoms with Crippen LogP contribution in [0.5, 0.6) is 0 Å². The molecular weight excluding hydrogens is 354 g/mol. The van der Waals surface area contributed by atoms with Crippen LogP contribution in [-0.4, -0.2) is 12.1 Å². The van der Waals surface area contributed by atoms with E-state index in [0.717, 1.165) is 16.5 Å². The Morgan fingerprint density at radius 2 is 1.91 bits per heavy atom. The van der Waals surface area contributed by atoms with E-state index in [9.17, 15) is 4.79 Å². The van der Waals surface area contributed by atoms with E-state index in [0.29, 0.717) is 0 Å². The molecule has 0 aliphatic carbocycles. The first-order valence-corrected chi connectivity index (χ1v) is 8.62. The quantitative estimate of drug-likeness (QED) is 0.747. The van der Waals surface area contributed by atoms with E-state index in [-0.39, 0.29) is 24.7 Å². The van der Waals surface area contributed by atoms with Gasteiger partial charge in [-0.3, -0.25) is 0 Å². The van der Waals surface area contributed by atoms with Crippen molar-refractivity contribution in [3.8, 4) is 0 Å². The molecule has 0 aliphatic heterocycles. The summed E-state index contributed by atoms with van der Waals surface area (Å²) in [4.78, 5) is 12.0. The van der Waals surface area contributed by atoms with Crippen LogP contribution in [0.2, 0.25) is 0 Å². The lowest BCUT2D eigenvalue weighted by molar-refractivity contribution is 0.134. The van der Waals surface area contributed by atoms with Crippen molar-refractivity contribution in [2.75, 3.05) is 0 Å². The topological polar surface area (TPSA) is 38.3 Å². The SMILES string of the molecule is CCC(NC(=O)OCc1ccccc1)C(C)c1cccc(Br)c1. The van der Waals surface area contributed by atoms with E-state index < -0.39 is 0 Å². The Hall–Kier alpha value is -1.81. The summed E-state index contributed by atoms with van der Waals surface area (Å²) in [5.74, 6) is 0.210. The fourth-order valence-electron chi connectivity index (χ4n) is 2.52. The maximum atomic E-state index is 12.0. The average Bonchev–Trinajstić information content (AvgIpc) is 2.58. The van der Waals surface area contributed by atoms with Gasteiger partial charge in [0.15, 0.2) is 0 Å². The first-order valence-electron chi connectivity index (χ1n) is 7.82. The van der Waals surface area contributed by atoms with Gasteiger partial charge in [0.25, 0.3) is 0 Å². The Kier molecular flexibility index (Phi) is 6.66. The van der Waals surface area contributed by atoms with Crippen LogP contribution in [0, 0.1) is 0 Å². The molecular formula is C19H22BrNO2. The van der Waals surface area contributed by atoms with Gasteiger partial charge in [0.05, 0.1) is 0 Å². The van der Waals surface area contributed by atoms with Gasteiger partial charge in [-0.2, -0.15) is 0 Å². The lowest BCUT2D eigenvalue weighted by Gasteiger charge is -2.24. The average molecular weight is 376 g/mol. The van der Waals surface area contributed by atoms with Crippen molar-refractivity contribution in [2.24, 2.45) is 0 Å². The molecule has 0 aliphatic rings. The predicted molar refractivity (Wildman–Crippen MR) is 96.4 cm³/mol. The largest absolute Gasteiger partial charge is 0.445 e. The highest BCUT2D eigenvalue weighted by atomic mass is 79.9. The lowest BCUT2D eigenvalue weighted by atomic mass is 9.92. The van der Waals surface area contributed by atoms with Crippen molar-refractivity contribution in [3.05, 3.63) is 70.2 Å². The molecule has 23 heavy (non-hydrogen) atoms. The predicted octanol–water partition coefficient (Wildman–Crippen LogP) is 5.26. The van der Waals surface area contributed by atoms with Crippen LogP contribution < -0.4 is 5.32 Å². The first-order chi connectivity index (χ1) is 11.1. The Balaban J connectivity index is 1.91. The van der Waals surface area contributed by atoms with Crippen LogP contribution in [0.3, 0.4) is 0 Å². The van der Waals surface area contributed by atoms with E-state index >= 15 is 0 Å². The van der Waals surface area contributed by atoms with Crippen LogP contribution in [0.4, 0.5) is 4.79 Å². The monoisotopic (exact) mass is 375 g/mol. The first kappa shape index (κ1) is 17.5. The highest BCUT2D eigenvalue weighted by Crippen LogP contribution is 2.24. The van der Waals surface area contributed by atoms with E-state index in [4.69, 9.17) is 4.74 Å². The van der Waals surface area contributed by atoms with Crippen molar-refractivity contribution >= 4 is 22.0 Å². The number of amides is 1. The summed E-state index contributed by atoms with van der Waals surface area (Å²) in [6.45, 7) is 4.47. The molecule has 2 aromatic rings. The summed E-state index contributed by atoms with van der Waals surface area (Å²) in [6.07, 6.45) is 0.469. The van der Waals surface area contributed by atoms with Gasteiger partial charge in [-0.15, -0.1) is 0 Å². The summed E-state index contributed by atoms with van der Waals surface area (Å²) < 4.78 is 6.36. The van der Waals surface area contributed by atoms with Crippen LogP contribution in [0.1, 0.15) is 37.3 Å². The van der Waals surface area contributed by atoms with Gasteiger partial charge in [-0.05, 0) is 29.7 Å². The molecule has 0 saturated heterocycles. The zero-order valence-electron chi connectivity index (χ0n) is 13.5. The summed E-state index contributed by atoms with van der Waals surface area (Å²) in [6, 6.07) is 17.9. The third kappa shape index (κ3) is 5.39. The number of alkyl carbamates (subject to hydrolysis) is 1. The summed E-state index contributed by atoms with van der Waals surface area (Å²) in [7, 11) is 0. The molecule has 0 bridgehead atoms. The van der Waals surface area contributed by atoms with E-state index in [1.165, 1.54) is 5.56 Å². The van der Waals surface area contributed by atoms with E-state index in [1.807, 2.05) is 42.5 Å². The molecule has 0 heterocycles. The molecule has 2 rings (SSSR count).